The Hall–Kier alpha value is -2.06. The average Bonchev–Trinajstić information content (AvgIpc) is 2.48. The topological polar surface area (TPSA) is 86.3 Å². The summed E-state index contributed by atoms with van der Waals surface area (Å²) in [5, 5.41) is 20.3. The minimum absolute atomic E-state index is 0.0952. The zero-order valence-corrected chi connectivity index (χ0v) is 12.5. The van der Waals surface area contributed by atoms with Gasteiger partial charge in [0.25, 0.3) is 11.4 Å². The molecule has 0 bridgehead atoms. The van der Waals surface area contributed by atoms with Crippen LogP contribution in [0.3, 0.4) is 0 Å². The number of hydrogen-bond acceptors (Lipinski definition) is 6. The Balaban J connectivity index is 0.000000211. The van der Waals surface area contributed by atoms with Crippen LogP contribution < -0.4 is 0 Å². The molecule has 0 saturated carbocycles. The summed E-state index contributed by atoms with van der Waals surface area (Å²) < 4.78 is 0. The zero-order valence-electron chi connectivity index (χ0n) is 10.7. The van der Waals surface area contributed by atoms with Crippen LogP contribution in [0.1, 0.15) is 5.56 Å². The van der Waals surface area contributed by atoms with Crippen molar-refractivity contribution >= 4 is 36.6 Å². The van der Waals surface area contributed by atoms with Gasteiger partial charge in [-0.3, -0.25) is 20.2 Å². The van der Waals surface area contributed by atoms with E-state index in [1.54, 1.807) is 24.3 Å². The van der Waals surface area contributed by atoms with Crippen molar-refractivity contribution in [3.8, 4) is 0 Å². The van der Waals surface area contributed by atoms with E-state index >= 15 is 0 Å². The number of non-ortho nitro benzene ring substituents is 2. The first-order valence-corrected chi connectivity index (χ1v) is 6.79. The van der Waals surface area contributed by atoms with E-state index in [9.17, 15) is 20.2 Å². The molecule has 0 heterocycles. The Labute approximate surface area is 131 Å². The van der Waals surface area contributed by atoms with Crippen LogP contribution >= 0.6 is 25.3 Å². The Morgan fingerprint density at radius 3 is 1.52 bits per heavy atom. The molecule has 0 aliphatic heterocycles. The second kappa shape index (κ2) is 8.28. The molecule has 0 aliphatic carbocycles. The predicted molar refractivity (Wildman–Crippen MR) is 86.1 cm³/mol. The molecule has 0 saturated heterocycles. The summed E-state index contributed by atoms with van der Waals surface area (Å²) in [4.78, 5) is 20.2. The molecule has 0 amide bonds. The summed E-state index contributed by atoms with van der Waals surface area (Å²) in [6.45, 7) is 0. The van der Waals surface area contributed by atoms with E-state index in [0.29, 0.717) is 5.75 Å². The van der Waals surface area contributed by atoms with E-state index < -0.39 is 9.85 Å². The summed E-state index contributed by atoms with van der Waals surface area (Å²) >= 11 is 8.00. The molecule has 0 fully saturated rings. The number of rotatable bonds is 3. The molecular weight excluding hydrogens is 312 g/mol. The lowest BCUT2D eigenvalue weighted by Gasteiger charge is -1.93. The molecule has 2 rings (SSSR count). The van der Waals surface area contributed by atoms with Crippen LogP contribution in [0.5, 0.6) is 0 Å². The maximum atomic E-state index is 10.2. The van der Waals surface area contributed by atoms with Crippen LogP contribution in [-0.2, 0) is 5.75 Å². The summed E-state index contributed by atoms with van der Waals surface area (Å²) in [6, 6.07) is 12.4. The molecule has 0 radical (unpaired) electrons. The average molecular weight is 324 g/mol. The highest BCUT2D eigenvalue weighted by Crippen LogP contribution is 2.13. The Kier molecular flexibility index (Phi) is 6.70. The molecule has 0 N–H and O–H groups in total. The molecule has 110 valence electrons. The number of benzene rings is 2. The lowest BCUT2D eigenvalue weighted by Crippen LogP contribution is -1.87. The fourth-order valence-corrected chi connectivity index (χ4v) is 1.66. The van der Waals surface area contributed by atoms with Crippen molar-refractivity contribution in [1.82, 2.24) is 0 Å². The van der Waals surface area contributed by atoms with Crippen molar-refractivity contribution in [1.29, 1.82) is 0 Å². The van der Waals surface area contributed by atoms with E-state index in [-0.39, 0.29) is 11.4 Å². The van der Waals surface area contributed by atoms with Crippen molar-refractivity contribution < 1.29 is 9.85 Å². The van der Waals surface area contributed by atoms with Crippen LogP contribution in [0, 0.1) is 20.2 Å². The van der Waals surface area contributed by atoms with Crippen LogP contribution in [-0.4, -0.2) is 9.85 Å². The molecule has 2 aromatic rings. The Bertz CT molecular complexity index is 615. The number of nitrogens with zero attached hydrogens (tertiary/aromatic N) is 2. The fourth-order valence-electron chi connectivity index (χ4n) is 1.30. The second-order valence-electron chi connectivity index (χ2n) is 3.86. The first-order chi connectivity index (χ1) is 9.93. The van der Waals surface area contributed by atoms with Crippen molar-refractivity contribution in [2.24, 2.45) is 0 Å². The van der Waals surface area contributed by atoms with Gasteiger partial charge in [-0.15, -0.1) is 12.6 Å². The zero-order chi connectivity index (χ0) is 15.8. The molecule has 2 aromatic carbocycles. The van der Waals surface area contributed by atoms with E-state index in [2.05, 4.69) is 25.3 Å². The highest BCUT2D eigenvalue weighted by Gasteiger charge is 2.02. The van der Waals surface area contributed by atoms with Crippen molar-refractivity contribution in [2.45, 2.75) is 10.6 Å². The molecular formula is C13H12N2O4S2. The Morgan fingerprint density at radius 1 is 0.810 bits per heavy atom. The normalized spacial score (nSPS) is 9.43. The van der Waals surface area contributed by atoms with Crippen molar-refractivity contribution in [3.05, 3.63) is 74.3 Å². The van der Waals surface area contributed by atoms with Crippen LogP contribution in [0.25, 0.3) is 0 Å². The van der Waals surface area contributed by atoms with Crippen LogP contribution in [0.15, 0.2) is 53.4 Å². The quantitative estimate of drug-likeness (QED) is 0.509. The lowest BCUT2D eigenvalue weighted by molar-refractivity contribution is -0.385. The highest BCUT2D eigenvalue weighted by atomic mass is 32.1. The van der Waals surface area contributed by atoms with Crippen molar-refractivity contribution in [3.63, 3.8) is 0 Å². The molecule has 6 nitrogen and oxygen atoms in total. The van der Waals surface area contributed by atoms with Gasteiger partial charge in [0.2, 0.25) is 0 Å². The van der Waals surface area contributed by atoms with Gasteiger partial charge in [-0.05, 0) is 17.7 Å². The molecule has 8 heteroatoms. The lowest BCUT2D eigenvalue weighted by atomic mass is 10.2. The van der Waals surface area contributed by atoms with E-state index in [1.165, 1.54) is 24.3 Å². The first kappa shape index (κ1) is 17.0. The van der Waals surface area contributed by atoms with Gasteiger partial charge >= 0.3 is 0 Å². The summed E-state index contributed by atoms with van der Waals surface area (Å²) in [7, 11) is 0. The van der Waals surface area contributed by atoms with E-state index in [4.69, 9.17) is 0 Å². The van der Waals surface area contributed by atoms with Gasteiger partial charge in [0.15, 0.2) is 0 Å². The second-order valence-corrected chi connectivity index (χ2v) is 4.69. The first-order valence-electron chi connectivity index (χ1n) is 5.71. The largest absolute Gasteiger partial charge is 0.269 e. The van der Waals surface area contributed by atoms with E-state index in [0.717, 1.165) is 10.5 Å². The predicted octanol–water partition coefficient (Wildman–Crippen LogP) is 3.91. The van der Waals surface area contributed by atoms with Gasteiger partial charge in [0.05, 0.1) is 9.85 Å². The molecule has 0 unspecified atom stereocenters. The molecule has 0 spiro atoms. The number of nitro benzene ring substituents is 2. The van der Waals surface area contributed by atoms with Gasteiger partial charge < -0.3 is 0 Å². The minimum Gasteiger partial charge on any atom is -0.258 e. The number of nitro groups is 2. The van der Waals surface area contributed by atoms with Crippen LogP contribution in [0.2, 0.25) is 0 Å². The standard InChI is InChI=1S/C7H7NO2S.C6H5NO2S/c9-8(10)7-3-1-6(5-11)2-4-7;8-7(9)5-1-3-6(10)4-2-5/h1-4,11H,5H2;1-4,10H. The Morgan fingerprint density at radius 2 is 1.19 bits per heavy atom. The smallest absolute Gasteiger partial charge is 0.258 e. The molecule has 21 heavy (non-hydrogen) atoms. The molecule has 0 aromatic heterocycles. The maximum Gasteiger partial charge on any atom is 0.269 e. The van der Waals surface area contributed by atoms with Crippen LogP contribution in [0.4, 0.5) is 11.4 Å². The van der Waals surface area contributed by atoms with Gasteiger partial charge in [0, 0.05) is 34.9 Å². The SMILES string of the molecule is O=[N+]([O-])c1ccc(CS)cc1.O=[N+]([O-])c1ccc(S)cc1. The minimum atomic E-state index is -0.437. The fraction of sp³-hybridized carbons (Fsp3) is 0.0769. The third kappa shape index (κ3) is 5.84. The summed E-state index contributed by atoms with van der Waals surface area (Å²) in [6.07, 6.45) is 0. The monoisotopic (exact) mass is 324 g/mol. The van der Waals surface area contributed by atoms with Gasteiger partial charge in [-0.25, -0.2) is 0 Å². The van der Waals surface area contributed by atoms with Gasteiger partial charge in [0.1, 0.15) is 0 Å². The van der Waals surface area contributed by atoms with Gasteiger partial charge in [-0.2, -0.15) is 12.6 Å². The maximum absolute atomic E-state index is 10.2. The number of thiol groups is 2. The van der Waals surface area contributed by atoms with E-state index in [1.807, 2.05) is 0 Å². The van der Waals surface area contributed by atoms with Gasteiger partial charge in [-0.1, -0.05) is 12.1 Å². The molecule has 0 aliphatic rings. The third-order valence-corrected chi connectivity index (χ3v) is 3.05. The summed E-state index contributed by atoms with van der Waals surface area (Å²) in [5.74, 6) is 0.609. The van der Waals surface area contributed by atoms with Crippen molar-refractivity contribution in [2.75, 3.05) is 0 Å². The third-order valence-electron chi connectivity index (χ3n) is 2.39. The highest BCUT2D eigenvalue weighted by molar-refractivity contribution is 7.80. The molecule has 0 atom stereocenters. The number of hydrogen-bond donors (Lipinski definition) is 2. The summed E-state index contributed by atoms with van der Waals surface area (Å²) in [5.41, 5.74) is 1.20.